The number of anilines is 1. The van der Waals surface area contributed by atoms with E-state index in [0.29, 0.717) is 25.7 Å². The molecule has 3 rings (SSSR count). The molecule has 0 radical (unpaired) electrons. The van der Waals surface area contributed by atoms with Crippen LogP contribution in [-0.2, 0) is 19.6 Å². The number of imidazole rings is 1. The molecule has 1 N–H and O–H groups in total. The number of carboxylic acid groups (broad SMARTS) is 1. The molecule has 0 spiro atoms. The Morgan fingerprint density at radius 1 is 1.31 bits per heavy atom. The number of methoxy groups -OCH3 is 1. The fourth-order valence-corrected chi connectivity index (χ4v) is 4.61. The first kappa shape index (κ1) is 28.8. The predicted molar refractivity (Wildman–Crippen MR) is 125 cm³/mol. The number of carbonyl (C=O) groups is 1. The summed E-state index contributed by atoms with van der Waals surface area (Å²) in [6.07, 6.45) is -0.367. The number of aliphatic carboxylic acids is 1. The number of alkyl halides is 3. The van der Waals surface area contributed by atoms with Crippen molar-refractivity contribution < 1.29 is 36.2 Å². The maximum atomic E-state index is 11.8. The van der Waals surface area contributed by atoms with Crippen LogP contribution >= 0.6 is 0 Å². The summed E-state index contributed by atoms with van der Waals surface area (Å²) in [6.45, 7) is 6.70. The Labute approximate surface area is 202 Å². The molecule has 2 aromatic heterocycles. The molecule has 0 unspecified atom stereocenters. The van der Waals surface area contributed by atoms with Crippen molar-refractivity contribution in [3.05, 3.63) is 18.1 Å². The standard InChI is InChI=1S/C19H31N5O3S.C2HF3O2/c1-14(2)24-13-20-18-17(24)12-16(21-19(18)22(3)10-11-27-4)15-6-8-23(9-7-15)28(5,25)26;3-2(4,5)1(6)7/h12-15H,6-11H2,1-5H3;(H,6,7). The number of nitrogens with zero attached hydrogens (tertiary/aromatic N) is 5. The summed E-state index contributed by atoms with van der Waals surface area (Å²) in [5, 5.41) is 7.12. The largest absolute Gasteiger partial charge is 0.490 e. The second kappa shape index (κ2) is 11.5. The van der Waals surface area contributed by atoms with Gasteiger partial charge in [0.15, 0.2) is 5.82 Å². The number of ether oxygens (including phenoxy) is 1. The molecule has 1 fully saturated rings. The van der Waals surface area contributed by atoms with Crippen molar-refractivity contribution in [3.8, 4) is 0 Å². The summed E-state index contributed by atoms with van der Waals surface area (Å²) in [6, 6.07) is 2.43. The monoisotopic (exact) mass is 523 g/mol. The predicted octanol–water partition coefficient (Wildman–Crippen LogP) is 2.87. The van der Waals surface area contributed by atoms with Crippen LogP contribution in [0.15, 0.2) is 12.4 Å². The summed E-state index contributed by atoms with van der Waals surface area (Å²) in [5.74, 6) is -1.66. The normalized spacial score (nSPS) is 15.8. The molecule has 0 atom stereocenters. The number of fused-ring (bicyclic) bond motifs is 1. The molecule has 198 valence electrons. The fourth-order valence-electron chi connectivity index (χ4n) is 3.74. The van der Waals surface area contributed by atoms with Crippen LogP contribution in [0.4, 0.5) is 19.0 Å². The Morgan fingerprint density at radius 2 is 1.89 bits per heavy atom. The lowest BCUT2D eigenvalue weighted by Crippen LogP contribution is -2.37. The third-order valence-electron chi connectivity index (χ3n) is 5.70. The highest BCUT2D eigenvalue weighted by Gasteiger charge is 2.38. The van der Waals surface area contributed by atoms with Crippen LogP contribution in [0.1, 0.15) is 44.3 Å². The minimum Gasteiger partial charge on any atom is -0.475 e. The molecular weight excluding hydrogens is 491 g/mol. The Hall–Kier alpha value is -2.45. The lowest BCUT2D eigenvalue weighted by Gasteiger charge is -2.30. The maximum absolute atomic E-state index is 11.8. The quantitative estimate of drug-likeness (QED) is 0.589. The zero-order chi connectivity index (χ0) is 26.6. The highest BCUT2D eigenvalue weighted by atomic mass is 32.2. The van der Waals surface area contributed by atoms with Crippen molar-refractivity contribution >= 4 is 32.8 Å². The van der Waals surface area contributed by atoms with E-state index in [2.05, 4.69) is 34.4 Å². The van der Waals surface area contributed by atoms with Gasteiger partial charge in [0, 0.05) is 51.4 Å². The van der Waals surface area contributed by atoms with Gasteiger partial charge >= 0.3 is 12.1 Å². The number of sulfonamides is 1. The van der Waals surface area contributed by atoms with Gasteiger partial charge in [-0.15, -0.1) is 0 Å². The summed E-state index contributed by atoms with van der Waals surface area (Å²) in [4.78, 5) is 20.6. The summed E-state index contributed by atoms with van der Waals surface area (Å²) < 4.78 is 64.3. The van der Waals surface area contributed by atoms with E-state index < -0.39 is 22.2 Å². The van der Waals surface area contributed by atoms with Gasteiger partial charge in [0.05, 0.1) is 24.7 Å². The van der Waals surface area contributed by atoms with Crippen molar-refractivity contribution in [2.75, 3.05) is 51.6 Å². The lowest BCUT2D eigenvalue weighted by atomic mass is 9.94. The van der Waals surface area contributed by atoms with Crippen LogP contribution in [0, 0.1) is 0 Å². The molecule has 0 amide bonds. The van der Waals surface area contributed by atoms with Crippen molar-refractivity contribution in [1.29, 1.82) is 0 Å². The van der Waals surface area contributed by atoms with Gasteiger partial charge in [-0.05, 0) is 32.8 Å². The minimum atomic E-state index is -5.08. The number of rotatable bonds is 7. The highest BCUT2D eigenvalue weighted by molar-refractivity contribution is 7.88. The molecule has 35 heavy (non-hydrogen) atoms. The minimum absolute atomic E-state index is 0.243. The van der Waals surface area contributed by atoms with Gasteiger partial charge in [0.2, 0.25) is 10.0 Å². The summed E-state index contributed by atoms with van der Waals surface area (Å²) in [5.41, 5.74) is 2.98. The van der Waals surface area contributed by atoms with Crippen LogP contribution in [0.25, 0.3) is 11.0 Å². The van der Waals surface area contributed by atoms with Gasteiger partial charge in [-0.3, -0.25) is 0 Å². The van der Waals surface area contributed by atoms with Crippen LogP contribution < -0.4 is 4.90 Å². The SMILES string of the molecule is COCCN(C)c1nc(C2CCN(S(C)(=O)=O)CC2)cc2c1ncn2C(C)C.O=C(O)C(F)(F)F. The van der Waals surface area contributed by atoms with E-state index >= 15 is 0 Å². The number of carboxylic acids is 1. The summed E-state index contributed by atoms with van der Waals surface area (Å²) >= 11 is 0. The lowest BCUT2D eigenvalue weighted by molar-refractivity contribution is -0.192. The molecule has 0 aromatic carbocycles. The fraction of sp³-hybridized carbons (Fsp3) is 0.667. The van der Waals surface area contributed by atoms with E-state index in [1.807, 2.05) is 13.4 Å². The molecule has 14 heteroatoms. The molecule has 1 aliphatic rings. The second-order valence-electron chi connectivity index (χ2n) is 8.64. The Kier molecular flexibility index (Phi) is 9.48. The topological polar surface area (TPSA) is 118 Å². The number of halogens is 3. The van der Waals surface area contributed by atoms with Crippen molar-refractivity contribution in [1.82, 2.24) is 18.8 Å². The molecule has 1 aliphatic heterocycles. The number of likely N-dealkylation sites (N-methyl/N-ethyl adjacent to an activating group) is 1. The van der Waals surface area contributed by atoms with E-state index in [1.165, 1.54) is 6.26 Å². The van der Waals surface area contributed by atoms with Gasteiger partial charge in [-0.1, -0.05) is 0 Å². The van der Waals surface area contributed by atoms with Gasteiger partial charge in [-0.2, -0.15) is 13.2 Å². The van der Waals surface area contributed by atoms with Gasteiger partial charge in [-0.25, -0.2) is 27.5 Å². The molecular formula is C21H32F3N5O5S. The number of aromatic nitrogens is 3. The van der Waals surface area contributed by atoms with E-state index in [0.717, 1.165) is 41.9 Å². The molecule has 3 heterocycles. The second-order valence-corrected chi connectivity index (χ2v) is 10.6. The first-order valence-corrected chi connectivity index (χ1v) is 12.8. The Balaban J connectivity index is 0.000000540. The van der Waals surface area contributed by atoms with E-state index in [4.69, 9.17) is 19.6 Å². The molecule has 1 saturated heterocycles. The van der Waals surface area contributed by atoms with E-state index in [9.17, 15) is 21.6 Å². The molecule has 2 aromatic rings. The van der Waals surface area contributed by atoms with Crippen LogP contribution in [0.2, 0.25) is 0 Å². The molecule has 0 bridgehead atoms. The average Bonchev–Trinajstić information content (AvgIpc) is 3.20. The van der Waals surface area contributed by atoms with Gasteiger partial charge in [0.25, 0.3) is 0 Å². The number of pyridine rings is 1. The third kappa shape index (κ3) is 7.51. The zero-order valence-corrected chi connectivity index (χ0v) is 21.2. The molecule has 0 aliphatic carbocycles. The van der Waals surface area contributed by atoms with E-state index in [1.54, 1.807) is 11.4 Å². The van der Waals surface area contributed by atoms with Crippen molar-refractivity contribution in [2.24, 2.45) is 0 Å². The number of hydrogen-bond acceptors (Lipinski definition) is 7. The van der Waals surface area contributed by atoms with Crippen LogP contribution in [0.5, 0.6) is 0 Å². The van der Waals surface area contributed by atoms with Crippen molar-refractivity contribution in [2.45, 2.75) is 44.8 Å². The number of hydrogen-bond donors (Lipinski definition) is 1. The molecule has 0 saturated carbocycles. The van der Waals surface area contributed by atoms with E-state index in [-0.39, 0.29) is 5.92 Å². The average molecular weight is 524 g/mol. The first-order valence-electron chi connectivity index (χ1n) is 11.0. The van der Waals surface area contributed by atoms with Gasteiger partial charge < -0.3 is 19.3 Å². The van der Waals surface area contributed by atoms with Crippen LogP contribution in [0.3, 0.4) is 0 Å². The summed E-state index contributed by atoms with van der Waals surface area (Å²) in [7, 11) is 0.566. The van der Waals surface area contributed by atoms with Crippen LogP contribution in [-0.4, -0.2) is 91.2 Å². The third-order valence-corrected chi connectivity index (χ3v) is 7.00. The number of piperidine rings is 1. The maximum Gasteiger partial charge on any atom is 0.490 e. The Bertz CT molecular complexity index is 1110. The molecule has 10 nitrogen and oxygen atoms in total. The van der Waals surface area contributed by atoms with Crippen molar-refractivity contribution in [3.63, 3.8) is 0 Å². The Morgan fingerprint density at radius 3 is 2.34 bits per heavy atom. The van der Waals surface area contributed by atoms with Gasteiger partial charge in [0.1, 0.15) is 5.52 Å². The smallest absolute Gasteiger partial charge is 0.475 e. The first-order chi connectivity index (χ1) is 16.2. The highest BCUT2D eigenvalue weighted by Crippen LogP contribution is 2.33. The zero-order valence-electron chi connectivity index (χ0n) is 20.4.